The average molecular weight is 276 g/mol. The first kappa shape index (κ1) is 13.3. The summed E-state index contributed by atoms with van der Waals surface area (Å²) in [6.07, 6.45) is 6.66. The van der Waals surface area contributed by atoms with Crippen molar-refractivity contribution < 1.29 is 9.47 Å². The minimum atomic E-state index is 0.00671. The summed E-state index contributed by atoms with van der Waals surface area (Å²) in [6, 6.07) is 0. The Morgan fingerprint density at radius 1 is 1.45 bits per heavy atom. The van der Waals surface area contributed by atoms with Crippen molar-refractivity contribution in [2.45, 2.75) is 38.5 Å². The van der Waals surface area contributed by atoms with Crippen molar-refractivity contribution in [3.05, 3.63) is 18.1 Å². The van der Waals surface area contributed by atoms with Gasteiger partial charge in [0, 0.05) is 13.3 Å². The van der Waals surface area contributed by atoms with Crippen LogP contribution < -0.4 is 5.73 Å². The maximum Gasteiger partial charge on any atom is 0.151 e. The highest BCUT2D eigenvalue weighted by atomic mass is 16.5. The molecular formula is C14H20N4O2. The lowest BCUT2D eigenvalue weighted by Crippen LogP contribution is -2.15. The first-order valence-electron chi connectivity index (χ1n) is 6.98. The predicted molar refractivity (Wildman–Crippen MR) is 76.3 cm³/mol. The van der Waals surface area contributed by atoms with E-state index < -0.39 is 0 Å². The summed E-state index contributed by atoms with van der Waals surface area (Å²) < 4.78 is 13.3. The Bertz CT molecular complexity index is 610. The number of methoxy groups -OCH3 is 1. The number of ether oxygens (including phenoxy) is 2. The summed E-state index contributed by atoms with van der Waals surface area (Å²) in [6.45, 7) is 2.74. The highest BCUT2D eigenvalue weighted by molar-refractivity contribution is 5.87. The van der Waals surface area contributed by atoms with Crippen LogP contribution in [0.5, 0.6) is 0 Å². The largest absolute Gasteiger partial charge is 0.382 e. The van der Waals surface area contributed by atoms with Crippen LogP contribution in [0.3, 0.4) is 0 Å². The normalized spacial score (nSPS) is 22.7. The molecule has 3 rings (SSSR count). The van der Waals surface area contributed by atoms with Crippen LogP contribution in [-0.4, -0.2) is 34.4 Å². The Kier molecular flexibility index (Phi) is 3.58. The van der Waals surface area contributed by atoms with Crippen LogP contribution in [-0.2, 0) is 15.9 Å². The number of hydrogen-bond acceptors (Lipinski definition) is 5. The highest BCUT2D eigenvalue weighted by Gasteiger charge is 2.28. The smallest absolute Gasteiger partial charge is 0.151 e. The molecule has 20 heavy (non-hydrogen) atoms. The number of imidazole rings is 1. The molecule has 0 saturated carbocycles. The monoisotopic (exact) mass is 276 g/mol. The third-order valence-electron chi connectivity index (χ3n) is 3.83. The first-order valence-corrected chi connectivity index (χ1v) is 6.98. The third kappa shape index (κ3) is 2.14. The van der Waals surface area contributed by atoms with Gasteiger partial charge in [-0.15, -0.1) is 0 Å². The molecular weight excluding hydrogens is 256 g/mol. The SMILES string of the molecule is CCc1cnc(N)c2ncn([C@H]3CC[C@@H](COC)O3)c12. The van der Waals surface area contributed by atoms with Gasteiger partial charge in [-0.3, -0.25) is 0 Å². The Morgan fingerprint density at radius 2 is 2.30 bits per heavy atom. The van der Waals surface area contributed by atoms with Gasteiger partial charge in [0.2, 0.25) is 0 Å². The van der Waals surface area contributed by atoms with Crippen LogP contribution in [0.15, 0.2) is 12.5 Å². The van der Waals surface area contributed by atoms with Gasteiger partial charge in [0.1, 0.15) is 11.7 Å². The quantitative estimate of drug-likeness (QED) is 0.923. The summed E-state index contributed by atoms with van der Waals surface area (Å²) >= 11 is 0. The lowest BCUT2D eigenvalue weighted by Gasteiger charge is -2.16. The van der Waals surface area contributed by atoms with E-state index in [0.717, 1.165) is 35.9 Å². The van der Waals surface area contributed by atoms with Crippen molar-refractivity contribution in [3.8, 4) is 0 Å². The fourth-order valence-corrected chi connectivity index (χ4v) is 2.81. The van der Waals surface area contributed by atoms with Crippen molar-refractivity contribution in [3.63, 3.8) is 0 Å². The average Bonchev–Trinajstić information content (AvgIpc) is 3.06. The number of nitrogens with two attached hydrogens (primary N) is 1. The molecule has 0 aromatic carbocycles. The van der Waals surface area contributed by atoms with E-state index in [1.165, 1.54) is 0 Å². The molecule has 1 aliphatic heterocycles. The first-order chi connectivity index (χ1) is 9.74. The van der Waals surface area contributed by atoms with E-state index in [0.29, 0.717) is 12.4 Å². The maximum atomic E-state index is 6.03. The van der Waals surface area contributed by atoms with E-state index >= 15 is 0 Å². The molecule has 1 saturated heterocycles. The number of nitrogen functional groups attached to an aromatic ring is 1. The number of nitrogens with zero attached hydrogens (tertiary/aromatic N) is 3. The van der Waals surface area contributed by atoms with Crippen molar-refractivity contribution in [1.82, 2.24) is 14.5 Å². The molecule has 2 aromatic heterocycles. The summed E-state index contributed by atoms with van der Waals surface area (Å²) in [5.41, 5.74) is 8.87. The van der Waals surface area contributed by atoms with E-state index in [2.05, 4.69) is 21.5 Å². The molecule has 1 aliphatic rings. The van der Waals surface area contributed by atoms with E-state index in [1.807, 2.05) is 12.5 Å². The topological polar surface area (TPSA) is 75.2 Å². The molecule has 6 nitrogen and oxygen atoms in total. The number of pyridine rings is 1. The fourth-order valence-electron chi connectivity index (χ4n) is 2.81. The van der Waals surface area contributed by atoms with Crippen LogP contribution in [0.25, 0.3) is 11.0 Å². The van der Waals surface area contributed by atoms with E-state index in [9.17, 15) is 0 Å². The van der Waals surface area contributed by atoms with Crippen LogP contribution in [0.1, 0.15) is 31.6 Å². The van der Waals surface area contributed by atoms with Crippen molar-refractivity contribution in [2.75, 3.05) is 19.5 Å². The van der Waals surface area contributed by atoms with Crippen LogP contribution in [0.4, 0.5) is 5.82 Å². The molecule has 2 atom stereocenters. The molecule has 0 bridgehead atoms. The molecule has 108 valence electrons. The van der Waals surface area contributed by atoms with Gasteiger partial charge in [-0.2, -0.15) is 0 Å². The lowest BCUT2D eigenvalue weighted by molar-refractivity contribution is -0.0299. The van der Waals surface area contributed by atoms with Crippen LogP contribution in [0.2, 0.25) is 0 Å². The molecule has 0 amide bonds. The van der Waals surface area contributed by atoms with Gasteiger partial charge in [-0.25, -0.2) is 9.97 Å². The number of aryl methyl sites for hydroxylation is 1. The second kappa shape index (κ2) is 5.38. The minimum Gasteiger partial charge on any atom is -0.382 e. The maximum absolute atomic E-state index is 6.03. The van der Waals surface area contributed by atoms with Crippen molar-refractivity contribution in [2.24, 2.45) is 0 Å². The zero-order valence-electron chi connectivity index (χ0n) is 11.9. The summed E-state index contributed by atoms with van der Waals surface area (Å²) in [7, 11) is 1.70. The van der Waals surface area contributed by atoms with Gasteiger partial charge in [0.25, 0.3) is 0 Å². The Hall–Kier alpha value is -1.66. The zero-order chi connectivity index (χ0) is 14.1. The second-order valence-electron chi connectivity index (χ2n) is 5.12. The third-order valence-corrected chi connectivity index (χ3v) is 3.83. The van der Waals surface area contributed by atoms with Gasteiger partial charge < -0.3 is 19.8 Å². The summed E-state index contributed by atoms with van der Waals surface area (Å²) in [5.74, 6) is 0.474. The van der Waals surface area contributed by atoms with Gasteiger partial charge in [-0.1, -0.05) is 6.92 Å². The van der Waals surface area contributed by atoms with Crippen LogP contribution >= 0.6 is 0 Å². The molecule has 0 aliphatic carbocycles. The Balaban J connectivity index is 1.98. The molecule has 1 fully saturated rings. The van der Waals surface area contributed by atoms with Gasteiger partial charge in [-0.05, 0) is 24.8 Å². The standard InChI is InChI=1S/C14H20N4O2/c1-3-9-6-16-14(15)12-13(9)18(8-17-12)11-5-4-10(20-11)7-19-2/h6,8,10-11H,3-5,7H2,1-2H3,(H2,15,16)/t10-,11+/m0/s1. The van der Waals surface area contributed by atoms with E-state index in [1.54, 1.807) is 7.11 Å². The highest BCUT2D eigenvalue weighted by Crippen LogP contribution is 2.33. The summed E-state index contributed by atoms with van der Waals surface area (Å²) in [5, 5.41) is 0. The lowest BCUT2D eigenvalue weighted by atomic mass is 10.2. The molecule has 0 spiro atoms. The van der Waals surface area contributed by atoms with Gasteiger partial charge in [0.15, 0.2) is 5.82 Å². The number of rotatable bonds is 4. The molecule has 6 heteroatoms. The van der Waals surface area contributed by atoms with Crippen LogP contribution in [0, 0.1) is 0 Å². The summed E-state index contributed by atoms with van der Waals surface area (Å²) in [4.78, 5) is 8.61. The second-order valence-corrected chi connectivity index (χ2v) is 5.12. The minimum absolute atomic E-state index is 0.00671. The number of hydrogen-bond donors (Lipinski definition) is 1. The number of anilines is 1. The predicted octanol–water partition coefficient (Wildman–Crippen LogP) is 1.90. The Morgan fingerprint density at radius 3 is 3.05 bits per heavy atom. The fraction of sp³-hybridized carbons (Fsp3) is 0.571. The number of fused-ring (bicyclic) bond motifs is 1. The van der Waals surface area contributed by atoms with Gasteiger partial charge in [0.05, 0.1) is 24.6 Å². The van der Waals surface area contributed by atoms with E-state index in [4.69, 9.17) is 15.2 Å². The number of aromatic nitrogens is 3. The zero-order valence-corrected chi connectivity index (χ0v) is 11.9. The van der Waals surface area contributed by atoms with Crippen molar-refractivity contribution in [1.29, 1.82) is 0 Å². The Labute approximate surface area is 117 Å². The molecule has 2 N–H and O–H groups in total. The molecule has 0 radical (unpaired) electrons. The van der Waals surface area contributed by atoms with E-state index in [-0.39, 0.29) is 12.3 Å². The molecule has 2 aromatic rings. The molecule has 0 unspecified atom stereocenters. The van der Waals surface area contributed by atoms with Gasteiger partial charge >= 0.3 is 0 Å². The van der Waals surface area contributed by atoms with Crippen molar-refractivity contribution >= 4 is 16.9 Å². The molecule has 3 heterocycles.